The van der Waals surface area contributed by atoms with Crippen LogP contribution >= 0.6 is 11.6 Å². The van der Waals surface area contributed by atoms with Crippen molar-refractivity contribution < 1.29 is 9.84 Å². The third-order valence-corrected chi connectivity index (χ3v) is 1.18. The molecule has 0 aliphatic carbocycles. The van der Waals surface area contributed by atoms with Crippen LogP contribution in [0.15, 0.2) is 0 Å². The highest BCUT2D eigenvalue weighted by atomic mass is 35.5. The highest BCUT2D eigenvalue weighted by Gasteiger charge is 1.85. The minimum absolute atomic E-state index is 0.112. The molecule has 0 saturated carbocycles. The average molecular weight is 153 g/mol. The fourth-order valence-electron chi connectivity index (χ4n) is 0.465. The first-order valence-electron chi connectivity index (χ1n) is 3.16. The number of alkyl halides is 1. The smallest absolute Gasteiger partial charge is 0.0697 e. The molecule has 0 spiro atoms. The van der Waals surface area contributed by atoms with Crippen LogP contribution in [0, 0.1) is 0 Å². The molecule has 1 N–H and O–H groups in total. The first-order chi connectivity index (χ1) is 4.41. The molecule has 0 saturated heterocycles. The summed E-state index contributed by atoms with van der Waals surface area (Å²) in [6.45, 7) is 1.27. The zero-order chi connectivity index (χ0) is 6.95. The van der Waals surface area contributed by atoms with Gasteiger partial charge in [0.25, 0.3) is 0 Å². The molecule has 2 nitrogen and oxygen atoms in total. The summed E-state index contributed by atoms with van der Waals surface area (Å²) in [5.41, 5.74) is 0. The van der Waals surface area contributed by atoms with Crippen molar-refractivity contribution >= 4 is 11.6 Å². The summed E-state index contributed by atoms with van der Waals surface area (Å²) >= 11 is 5.41. The predicted molar refractivity (Wildman–Crippen MR) is 37.9 cm³/mol. The Kier molecular flexibility index (Phi) is 8.40. The molecule has 0 aliphatic heterocycles. The monoisotopic (exact) mass is 152 g/mol. The second kappa shape index (κ2) is 8.21. The Hall–Kier alpha value is 0.210. The molecule has 56 valence electrons. The number of halogens is 1. The Labute approximate surface area is 60.8 Å². The van der Waals surface area contributed by atoms with Gasteiger partial charge in [-0.2, -0.15) is 0 Å². The van der Waals surface area contributed by atoms with Crippen LogP contribution in [0.3, 0.4) is 0 Å². The van der Waals surface area contributed by atoms with Gasteiger partial charge in [0.05, 0.1) is 13.2 Å². The van der Waals surface area contributed by atoms with Crippen molar-refractivity contribution in [1.82, 2.24) is 0 Å². The van der Waals surface area contributed by atoms with Crippen molar-refractivity contribution in [2.75, 3.05) is 25.7 Å². The highest BCUT2D eigenvalue weighted by Crippen LogP contribution is 1.91. The zero-order valence-corrected chi connectivity index (χ0v) is 6.23. The van der Waals surface area contributed by atoms with Crippen LogP contribution < -0.4 is 0 Å². The third-order valence-electron chi connectivity index (χ3n) is 0.908. The maximum Gasteiger partial charge on any atom is 0.0697 e. The van der Waals surface area contributed by atoms with E-state index < -0.39 is 0 Å². The Bertz CT molecular complexity index is 44.3. The number of unbranched alkanes of at least 4 members (excludes halogenated alkanes) is 1. The average Bonchev–Trinajstić information content (AvgIpc) is 1.89. The molecular weight excluding hydrogens is 140 g/mol. The lowest BCUT2D eigenvalue weighted by Crippen LogP contribution is -2.00. The van der Waals surface area contributed by atoms with Gasteiger partial charge in [-0.15, -0.1) is 11.6 Å². The van der Waals surface area contributed by atoms with Crippen LogP contribution in [-0.2, 0) is 4.74 Å². The number of ether oxygens (including phenoxy) is 1. The van der Waals surface area contributed by atoms with Crippen molar-refractivity contribution in [3.05, 3.63) is 0 Å². The maximum atomic E-state index is 8.27. The minimum Gasteiger partial charge on any atom is -0.394 e. The molecule has 0 heterocycles. The summed E-state index contributed by atoms with van der Waals surface area (Å²) in [4.78, 5) is 0. The van der Waals surface area contributed by atoms with Gasteiger partial charge in [0.1, 0.15) is 0 Å². The van der Waals surface area contributed by atoms with Crippen molar-refractivity contribution in [2.24, 2.45) is 0 Å². The summed E-state index contributed by atoms with van der Waals surface area (Å²) in [7, 11) is 0. The summed E-state index contributed by atoms with van der Waals surface area (Å²) in [6.07, 6.45) is 1.98. The molecule has 3 heteroatoms. The summed E-state index contributed by atoms with van der Waals surface area (Å²) in [5, 5.41) is 8.27. The SMILES string of the molecule is OCCOCCCCCl. The number of hydrogen-bond donors (Lipinski definition) is 1. The molecule has 0 aromatic heterocycles. The standard InChI is InChI=1S/C6H13ClO2/c7-3-1-2-5-9-6-4-8/h8H,1-6H2. The van der Waals surface area contributed by atoms with E-state index in [9.17, 15) is 0 Å². The van der Waals surface area contributed by atoms with E-state index in [0.717, 1.165) is 12.8 Å². The van der Waals surface area contributed by atoms with Crippen LogP contribution in [0.2, 0.25) is 0 Å². The van der Waals surface area contributed by atoms with E-state index in [0.29, 0.717) is 19.1 Å². The normalized spacial score (nSPS) is 10.0. The fourth-order valence-corrected chi connectivity index (χ4v) is 0.654. The van der Waals surface area contributed by atoms with Crippen LogP contribution in [0.4, 0.5) is 0 Å². The Morgan fingerprint density at radius 1 is 1.22 bits per heavy atom. The predicted octanol–water partition coefficient (Wildman–Crippen LogP) is 1.01. The van der Waals surface area contributed by atoms with Gasteiger partial charge in [0.15, 0.2) is 0 Å². The molecule has 0 fully saturated rings. The van der Waals surface area contributed by atoms with Crippen molar-refractivity contribution in [3.8, 4) is 0 Å². The molecular formula is C6H13ClO2. The zero-order valence-electron chi connectivity index (χ0n) is 5.48. The van der Waals surface area contributed by atoms with E-state index in [1.165, 1.54) is 0 Å². The Morgan fingerprint density at radius 2 is 2.00 bits per heavy atom. The van der Waals surface area contributed by atoms with Gasteiger partial charge in [-0.1, -0.05) is 0 Å². The van der Waals surface area contributed by atoms with E-state index in [-0.39, 0.29) is 6.61 Å². The summed E-state index contributed by atoms with van der Waals surface area (Å²) < 4.78 is 4.98. The number of aliphatic hydroxyl groups excluding tert-OH is 1. The van der Waals surface area contributed by atoms with E-state index in [1.54, 1.807) is 0 Å². The Balaban J connectivity index is 2.60. The van der Waals surface area contributed by atoms with E-state index in [1.807, 2.05) is 0 Å². The van der Waals surface area contributed by atoms with Crippen molar-refractivity contribution in [1.29, 1.82) is 0 Å². The number of rotatable bonds is 6. The van der Waals surface area contributed by atoms with E-state index in [4.69, 9.17) is 21.4 Å². The van der Waals surface area contributed by atoms with Gasteiger partial charge in [-0.25, -0.2) is 0 Å². The molecule has 0 bridgehead atoms. The van der Waals surface area contributed by atoms with Crippen LogP contribution in [-0.4, -0.2) is 30.8 Å². The van der Waals surface area contributed by atoms with E-state index in [2.05, 4.69) is 0 Å². The summed E-state index contributed by atoms with van der Waals surface area (Å²) in [6, 6.07) is 0. The van der Waals surface area contributed by atoms with Crippen LogP contribution in [0.25, 0.3) is 0 Å². The minimum atomic E-state index is 0.112. The van der Waals surface area contributed by atoms with E-state index >= 15 is 0 Å². The third kappa shape index (κ3) is 8.21. The first kappa shape index (κ1) is 9.21. The Morgan fingerprint density at radius 3 is 2.56 bits per heavy atom. The largest absolute Gasteiger partial charge is 0.394 e. The van der Waals surface area contributed by atoms with Gasteiger partial charge in [-0.05, 0) is 12.8 Å². The van der Waals surface area contributed by atoms with Crippen LogP contribution in [0.1, 0.15) is 12.8 Å². The molecule has 0 aromatic rings. The quantitative estimate of drug-likeness (QED) is 0.455. The van der Waals surface area contributed by atoms with Crippen LogP contribution in [0.5, 0.6) is 0 Å². The van der Waals surface area contributed by atoms with Gasteiger partial charge in [-0.3, -0.25) is 0 Å². The molecule has 0 atom stereocenters. The first-order valence-corrected chi connectivity index (χ1v) is 3.70. The lowest BCUT2D eigenvalue weighted by molar-refractivity contribution is 0.0905. The molecule has 0 unspecified atom stereocenters. The van der Waals surface area contributed by atoms with Gasteiger partial charge in [0.2, 0.25) is 0 Å². The molecule has 0 rings (SSSR count). The molecule has 0 aromatic carbocycles. The van der Waals surface area contributed by atoms with Crippen molar-refractivity contribution in [3.63, 3.8) is 0 Å². The molecule has 0 aliphatic rings. The van der Waals surface area contributed by atoms with Crippen molar-refractivity contribution in [2.45, 2.75) is 12.8 Å². The molecule has 0 amide bonds. The summed E-state index contributed by atoms with van der Waals surface area (Å²) in [5.74, 6) is 0.697. The number of aliphatic hydroxyl groups is 1. The lowest BCUT2D eigenvalue weighted by Gasteiger charge is -1.98. The topological polar surface area (TPSA) is 29.5 Å². The number of hydrogen-bond acceptors (Lipinski definition) is 2. The maximum absolute atomic E-state index is 8.27. The second-order valence-corrected chi connectivity index (χ2v) is 2.11. The molecule has 9 heavy (non-hydrogen) atoms. The van der Waals surface area contributed by atoms with Gasteiger partial charge >= 0.3 is 0 Å². The van der Waals surface area contributed by atoms with Gasteiger partial charge in [0, 0.05) is 12.5 Å². The lowest BCUT2D eigenvalue weighted by atomic mass is 10.4. The highest BCUT2D eigenvalue weighted by molar-refractivity contribution is 6.17. The fraction of sp³-hybridized carbons (Fsp3) is 1.00. The second-order valence-electron chi connectivity index (χ2n) is 1.73. The molecule has 0 radical (unpaired) electrons. The van der Waals surface area contributed by atoms with Gasteiger partial charge < -0.3 is 9.84 Å².